The summed E-state index contributed by atoms with van der Waals surface area (Å²) in [4.78, 5) is 24.8. The van der Waals surface area contributed by atoms with Gasteiger partial charge in [0, 0.05) is 27.2 Å². The third kappa shape index (κ3) is 6.94. The number of thiocarbonyl (C=S) groups is 1. The van der Waals surface area contributed by atoms with Crippen molar-refractivity contribution in [2.24, 2.45) is 0 Å². The van der Waals surface area contributed by atoms with Crippen molar-refractivity contribution in [1.29, 1.82) is 0 Å². The van der Waals surface area contributed by atoms with Crippen LogP contribution in [0.15, 0.2) is 82.2 Å². The van der Waals surface area contributed by atoms with Crippen molar-refractivity contribution < 1.29 is 19.1 Å². The molecule has 1 heterocycles. The van der Waals surface area contributed by atoms with Crippen molar-refractivity contribution in [3.8, 4) is 11.5 Å². The number of carbonyl (C=O) groups excluding carboxylic acids is 2. The molecule has 0 aliphatic carbocycles. The van der Waals surface area contributed by atoms with E-state index in [1.54, 1.807) is 30.3 Å². The lowest BCUT2D eigenvalue weighted by Crippen LogP contribution is -2.28. The number of thioether (sulfide) groups is 1. The van der Waals surface area contributed by atoms with Crippen LogP contribution in [0.1, 0.15) is 21.5 Å². The van der Waals surface area contributed by atoms with E-state index in [0.717, 1.165) is 15.6 Å². The van der Waals surface area contributed by atoms with Gasteiger partial charge in [-0.2, -0.15) is 0 Å². The van der Waals surface area contributed by atoms with E-state index in [9.17, 15) is 9.59 Å². The number of nitrogens with one attached hydrogen (secondary N) is 2. The normalized spacial score (nSPS) is 14.0. The van der Waals surface area contributed by atoms with Crippen LogP contribution in [0, 0.1) is 0 Å². The van der Waals surface area contributed by atoms with E-state index in [-0.39, 0.29) is 18.4 Å². The average molecular weight is 570 g/mol. The second kappa shape index (κ2) is 12.0. The fraction of sp³-hybridized carbons (Fsp3) is 0.115. The van der Waals surface area contributed by atoms with Gasteiger partial charge in [-0.1, -0.05) is 76.3 Å². The summed E-state index contributed by atoms with van der Waals surface area (Å²) < 4.78 is 13.3. The van der Waals surface area contributed by atoms with Gasteiger partial charge < -0.3 is 20.1 Å². The molecule has 35 heavy (non-hydrogen) atoms. The number of hydrogen-bond acceptors (Lipinski definition) is 6. The Morgan fingerprint density at radius 2 is 1.83 bits per heavy atom. The third-order valence-corrected chi connectivity index (χ3v) is 6.88. The molecule has 3 aromatic carbocycles. The van der Waals surface area contributed by atoms with Gasteiger partial charge in [0.15, 0.2) is 0 Å². The molecule has 6 nitrogen and oxygen atoms in total. The first kappa shape index (κ1) is 25.0. The van der Waals surface area contributed by atoms with Crippen molar-refractivity contribution in [3.05, 3.63) is 98.9 Å². The summed E-state index contributed by atoms with van der Waals surface area (Å²) in [5.74, 6) is 0.762. The standard InChI is InChI=1S/C26H21BrN2O4S2/c27-21-9-5-4-8-19(21)16-33-22-15-20(11-10-18(22)14-23-25(31)29-26(34)35-23)32-13-12-28-24(30)17-6-2-1-3-7-17/h1-11,14-15H,12-13,16H2,(H,28,30)(H,29,31,34)/b23-14-. The van der Waals surface area contributed by atoms with Crippen LogP contribution >= 0.6 is 39.9 Å². The highest BCUT2D eigenvalue weighted by Gasteiger charge is 2.22. The minimum Gasteiger partial charge on any atom is -0.492 e. The highest BCUT2D eigenvalue weighted by molar-refractivity contribution is 9.10. The molecule has 0 unspecified atom stereocenters. The van der Waals surface area contributed by atoms with E-state index in [2.05, 4.69) is 26.6 Å². The zero-order chi connectivity index (χ0) is 24.6. The highest BCUT2D eigenvalue weighted by Crippen LogP contribution is 2.32. The molecule has 0 atom stereocenters. The van der Waals surface area contributed by atoms with Crippen LogP contribution < -0.4 is 20.1 Å². The molecule has 0 bridgehead atoms. The van der Waals surface area contributed by atoms with Crippen molar-refractivity contribution in [2.75, 3.05) is 13.2 Å². The lowest BCUT2D eigenvalue weighted by molar-refractivity contribution is -0.115. The van der Waals surface area contributed by atoms with E-state index in [1.165, 1.54) is 11.8 Å². The third-order valence-electron chi connectivity index (χ3n) is 4.95. The monoisotopic (exact) mass is 568 g/mol. The van der Waals surface area contributed by atoms with Gasteiger partial charge in [-0.3, -0.25) is 9.59 Å². The maximum Gasteiger partial charge on any atom is 0.263 e. The van der Waals surface area contributed by atoms with Crippen molar-refractivity contribution in [2.45, 2.75) is 6.61 Å². The van der Waals surface area contributed by atoms with Crippen LogP contribution in [-0.4, -0.2) is 29.3 Å². The summed E-state index contributed by atoms with van der Waals surface area (Å²) in [6.45, 7) is 0.960. The van der Waals surface area contributed by atoms with Crippen LogP contribution in [-0.2, 0) is 11.4 Å². The van der Waals surface area contributed by atoms with E-state index in [1.807, 2.05) is 48.5 Å². The van der Waals surface area contributed by atoms with E-state index in [4.69, 9.17) is 21.7 Å². The fourth-order valence-electron chi connectivity index (χ4n) is 3.21. The van der Waals surface area contributed by atoms with E-state index >= 15 is 0 Å². The Morgan fingerprint density at radius 3 is 2.57 bits per heavy atom. The number of amides is 2. The Labute approximate surface area is 221 Å². The predicted molar refractivity (Wildman–Crippen MR) is 145 cm³/mol. The fourth-order valence-corrected chi connectivity index (χ4v) is 4.64. The molecular weight excluding hydrogens is 548 g/mol. The Hall–Kier alpha value is -3.14. The summed E-state index contributed by atoms with van der Waals surface area (Å²) >= 11 is 9.84. The lowest BCUT2D eigenvalue weighted by atomic mass is 10.1. The van der Waals surface area contributed by atoms with Crippen LogP contribution in [0.2, 0.25) is 0 Å². The molecule has 1 aliphatic heterocycles. The Balaban J connectivity index is 1.45. The number of halogens is 1. The zero-order valence-electron chi connectivity index (χ0n) is 18.5. The number of hydrogen-bond donors (Lipinski definition) is 2. The van der Waals surface area contributed by atoms with E-state index < -0.39 is 0 Å². The van der Waals surface area contributed by atoms with Gasteiger partial charge in [0.05, 0.1) is 11.4 Å². The van der Waals surface area contributed by atoms with E-state index in [0.29, 0.717) is 39.4 Å². The predicted octanol–water partition coefficient (Wildman–Crippen LogP) is 5.33. The Kier molecular flexibility index (Phi) is 8.57. The molecule has 3 aromatic rings. The second-order valence-electron chi connectivity index (χ2n) is 7.40. The molecule has 1 aliphatic rings. The smallest absolute Gasteiger partial charge is 0.263 e. The van der Waals surface area contributed by atoms with Gasteiger partial charge in [-0.05, 0) is 36.4 Å². The number of carbonyl (C=O) groups is 2. The molecule has 0 spiro atoms. The minimum atomic E-state index is -0.230. The van der Waals surface area contributed by atoms with Gasteiger partial charge in [-0.15, -0.1) is 0 Å². The molecule has 0 radical (unpaired) electrons. The quantitative estimate of drug-likeness (QED) is 0.206. The Bertz CT molecular complexity index is 1280. The summed E-state index contributed by atoms with van der Waals surface area (Å²) in [5, 5.41) is 5.46. The van der Waals surface area contributed by atoms with Gasteiger partial charge in [0.1, 0.15) is 29.0 Å². The molecule has 2 amide bonds. The first-order valence-corrected chi connectivity index (χ1v) is 12.7. The van der Waals surface area contributed by atoms with Crippen LogP contribution in [0.4, 0.5) is 0 Å². The maximum absolute atomic E-state index is 12.2. The molecule has 0 aromatic heterocycles. The minimum absolute atomic E-state index is 0.154. The second-order valence-corrected chi connectivity index (χ2v) is 9.98. The molecule has 178 valence electrons. The molecule has 4 rings (SSSR count). The molecular formula is C26H21BrN2O4S2. The number of rotatable bonds is 9. The molecule has 0 saturated carbocycles. The summed E-state index contributed by atoms with van der Waals surface area (Å²) in [7, 11) is 0. The lowest BCUT2D eigenvalue weighted by Gasteiger charge is -2.14. The van der Waals surface area contributed by atoms with Crippen LogP contribution in [0.3, 0.4) is 0 Å². The summed E-state index contributed by atoms with van der Waals surface area (Å²) in [5.41, 5.74) is 2.31. The molecule has 1 fully saturated rings. The molecule has 9 heteroatoms. The SMILES string of the molecule is O=C1NC(=S)S/C1=C\c1ccc(OCCNC(=O)c2ccccc2)cc1OCc1ccccc1Br. The largest absolute Gasteiger partial charge is 0.492 e. The highest BCUT2D eigenvalue weighted by atomic mass is 79.9. The van der Waals surface area contributed by atoms with Crippen molar-refractivity contribution in [1.82, 2.24) is 10.6 Å². The summed E-state index contributed by atoms with van der Waals surface area (Å²) in [6.07, 6.45) is 1.75. The van der Waals surface area contributed by atoms with Gasteiger partial charge in [0.2, 0.25) is 0 Å². The molecule has 2 N–H and O–H groups in total. The summed E-state index contributed by atoms with van der Waals surface area (Å²) in [6, 6.07) is 22.2. The number of benzene rings is 3. The van der Waals surface area contributed by atoms with Gasteiger partial charge in [0.25, 0.3) is 11.8 Å². The van der Waals surface area contributed by atoms with Gasteiger partial charge in [-0.25, -0.2) is 0 Å². The number of ether oxygens (including phenoxy) is 2. The van der Waals surface area contributed by atoms with Crippen molar-refractivity contribution >= 4 is 62.1 Å². The molecule has 1 saturated heterocycles. The Morgan fingerprint density at radius 1 is 1.06 bits per heavy atom. The average Bonchev–Trinajstić information content (AvgIpc) is 3.19. The zero-order valence-corrected chi connectivity index (χ0v) is 21.7. The van der Waals surface area contributed by atoms with Crippen LogP contribution in [0.25, 0.3) is 6.08 Å². The van der Waals surface area contributed by atoms with Crippen LogP contribution in [0.5, 0.6) is 11.5 Å². The van der Waals surface area contributed by atoms with Crippen molar-refractivity contribution in [3.63, 3.8) is 0 Å². The maximum atomic E-state index is 12.2. The van der Waals surface area contributed by atoms with Gasteiger partial charge >= 0.3 is 0 Å². The first-order valence-electron chi connectivity index (χ1n) is 10.7. The topological polar surface area (TPSA) is 76.7 Å². The first-order chi connectivity index (χ1) is 17.0.